The van der Waals surface area contributed by atoms with Gasteiger partial charge in [0, 0.05) is 21.1 Å². The molecule has 0 N–H and O–H groups in total. The molecule has 0 aromatic heterocycles. The van der Waals surface area contributed by atoms with Gasteiger partial charge in [-0.25, -0.2) is 0 Å². The number of carbonyl (C=O) groups is 1. The van der Waals surface area contributed by atoms with E-state index in [4.69, 9.17) is 0 Å². The Morgan fingerprint density at radius 2 is 2.17 bits per heavy atom. The quantitative estimate of drug-likeness (QED) is 0.618. The predicted octanol–water partition coefficient (Wildman–Crippen LogP) is 4.32. The zero-order valence-corrected chi connectivity index (χ0v) is 14.2. The van der Waals surface area contributed by atoms with Crippen LogP contribution in [0.3, 0.4) is 0 Å². The summed E-state index contributed by atoms with van der Waals surface area (Å²) in [5, 5.41) is 0. The van der Waals surface area contributed by atoms with Gasteiger partial charge in [-0.2, -0.15) is 0 Å². The summed E-state index contributed by atoms with van der Waals surface area (Å²) < 4.78 is 1.99. The number of hydrogen-bond donors (Lipinski definition) is 0. The van der Waals surface area contributed by atoms with Crippen LogP contribution in [0.1, 0.15) is 36.5 Å². The van der Waals surface area contributed by atoms with E-state index in [1.807, 2.05) is 23.1 Å². The summed E-state index contributed by atoms with van der Waals surface area (Å²) in [5.74, 6) is 0.900. The molecule has 0 saturated carbocycles. The molecule has 1 unspecified atom stereocenters. The Hall–Kier alpha value is -0.100. The molecule has 1 aliphatic heterocycles. The lowest BCUT2D eigenvalue weighted by Gasteiger charge is -2.21. The van der Waals surface area contributed by atoms with Crippen LogP contribution in [0.25, 0.3) is 0 Å². The Bertz CT molecular complexity index is 449. The van der Waals surface area contributed by atoms with Crippen LogP contribution in [0, 0.1) is 9.49 Å². The van der Waals surface area contributed by atoms with Crippen LogP contribution in [-0.4, -0.2) is 23.9 Å². The molecule has 0 bridgehead atoms. The van der Waals surface area contributed by atoms with Crippen LogP contribution < -0.4 is 0 Å². The second kappa shape index (κ2) is 6.37. The Kier molecular flexibility index (Phi) is 5.06. The molecule has 1 fully saturated rings. The van der Waals surface area contributed by atoms with Gasteiger partial charge in [0.15, 0.2) is 0 Å². The lowest BCUT2D eigenvalue weighted by atomic mass is 10.0. The minimum atomic E-state index is 0.162. The summed E-state index contributed by atoms with van der Waals surface area (Å²) in [6, 6.07) is 5.92. The largest absolute Gasteiger partial charge is 0.339 e. The number of nitrogens with zero attached hydrogens (tertiary/aromatic N) is 1. The van der Waals surface area contributed by atoms with E-state index in [-0.39, 0.29) is 5.91 Å². The van der Waals surface area contributed by atoms with Crippen LogP contribution in [0.2, 0.25) is 0 Å². The number of likely N-dealkylation sites (tertiary alicyclic amines) is 1. The van der Waals surface area contributed by atoms with Crippen molar-refractivity contribution < 1.29 is 4.79 Å². The highest BCUT2D eigenvalue weighted by atomic mass is 127. The van der Waals surface area contributed by atoms with Crippen molar-refractivity contribution >= 4 is 44.4 Å². The van der Waals surface area contributed by atoms with E-state index in [1.54, 1.807) is 0 Å². The van der Waals surface area contributed by atoms with Gasteiger partial charge < -0.3 is 4.90 Å². The van der Waals surface area contributed by atoms with Crippen molar-refractivity contribution in [2.24, 2.45) is 5.92 Å². The van der Waals surface area contributed by atoms with Gasteiger partial charge in [-0.3, -0.25) is 4.79 Å². The Labute approximate surface area is 130 Å². The van der Waals surface area contributed by atoms with Crippen molar-refractivity contribution in [3.8, 4) is 0 Å². The Morgan fingerprint density at radius 3 is 2.94 bits per heavy atom. The molecule has 1 amide bonds. The summed E-state index contributed by atoms with van der Waals surface area (Å²) in [6.45, 7) is 4.05. The van der Waals surface area contributed by atoms with Crippen molar-refractivity contribution in [1.29, 1.82) is 0 Å². The SMILES string of the molecule is CC1CCCN(C(=O)c2cc(I)ccc2Br)CC1. The molecule has 1 aromatic carbocycles. The first-order chi connectivity index (χ1) is 8.58. The first-order valence-corrected chi connectivity index (χ1v) is 8.19. The van der Waals surface area contributed by atoms with Crippen LogP contribution >= 0.6 is 38.5 Å². The molecule has 1 aliphatic rings. The Balaban J connectivity index is 2.17. The van der Waals surface area contributed by atoms with E-state index < -0.39 is 0 Å². The summed E-state index contributed by atoms with van der Waals surface area (Å²) in [7, 11) is 0. The fraction of sp³-hybridized carbons (Fsp3) is 0.500. The standard InChI is InChI=1S/C14H17BrINO/c1-10-3-2-7-17(8-6-10)14(18)12-9-11(16)4-5-13(12)15/h4-5,9-10H,2-3,6-8H2,1H3. The second-order valence-corrected chi connectivity index (χ2v) is 7.05. The number of carbonyl (C=O) groups excluding carboxylic acids is 1. The van der Waals surface area contributed by atoms with Crippen LogP contribution in [0.15, 0.2) is 22.7 Å². The van der Waals surface area contributed by atoms with Crippen molar-refractivity contribution in [3.63, 3.8) is 0 Å². The highest BCUT2D eigenvalue weighted by Crippen LogP contribution is 2.23. The van der Waals surface area contributed by atoms with Gasteiger partial charge in [0.2, 0.25) is 0 Å². The van der Waals surface area contributed by atoms with Gasteiger partial charge in [-0.15, -0.1) is 0 Å². The Morgan fingerprint density at radius 1 is 1.39 bits per heavy atom. The molecule has 2 rings (SSSR count). The second-order valence-electron chi connectivity index (χ2n) is 4.95. The molecule has 0 spiro atoms. The topological polar surface area (TPSA) is 20.3 Å². The molecule has 4 heteroatoms. The van der Waals surface area contributed by atoms with Crippen LogP contribution in [0.4, 0.5) is 0 Å². The molecule has 2 nitrogen and oxygen atoms in total. The normalized spacial score (nSPS) is 20.6. The lowest BCUT2D eigenvalue weighted by Crippen LogP contribution is -2.32. The molecule has 1 atom stereocenters. The van der Waals surface area contributed by atoms with Gasteiger partial charge in [0.25, 0.3) is 5.91 Å². The molecule has 0 radical (unpaired) electrons. The smallest absolute Gasteiger partial charge is 0.255 e. The number of amides is 1. The molecule has 1 aromatic rings. The third-order valence-electron chi connectivity index (χ3n) is 3.46. The average Bonchev–Trinajstić information content (AvgIpc) is 2.56. The zero-order chi connectivity index (χ0) is 13.1. The average molecular weight is 422 g/mol. The molecular weight excluding hydrogens is 405 g/mol. The minimum Gasteiger partial charge on any atom is -0.339 e. The molecule has 1 heterocycles. The van der Waals surface area contributed by atoms with Gasteiger partial charge in [-0.05, 0) is 81.9 Å². The van der Waals surface area contributed by atoms with Crippen molar-refractivity contribution in [2.45, 2.75) is 26.2 Å². The molecule has 0 aliphatic carbocycles. The third kappa shape index (κ3) is 3.47. The van der Waals surface area contributed by atoms with Gasteiger partial charge in [-0.1, -0.05) is 6.92 Å². The fourth-order valence-electron chi connectivity index (χ4n) is 2.30. The van der Waals surface area contributed by atoms with Crippen LogP contribution in [0.5, 0.6) is 0 Å². The van der Waals surface area contributed by atoms with E-state index in [2.05, 4.69) is 45.4 Å². The first kappa shape index (κ1) is 14.3. The molecule has 18 heavy (non-hydrogen) atoms. The number of halogens is 2. The lowest BCUT2D eigenvalue weighted by molar-refractivity contribution is 0.0759. The van der Waals surface area contributed by atoms with Gasteiger partial charge in [0.05, 0.1) is 5.56 Å². The van der Waals surface area contributed by atoms with E-state index in [1.165, 1.54) is 6.42 Å². The summed E-state index contributed by atoms with van der Waals surface area (Å²) in [4.78, 5) is 14.5. The van der Waals surface area contributed by atoms with Gasteiger partial charge in [0.1, 0.15) is 0 Å². The maximum atomic E-state index is 12.5. The van der Waals surface area contributed by atoms with Crippen molar-refractivity contribution in [2.75, 3.05) is 13.1 Å². The van der Waals surface area contributed by atoms with Crippen molar-refractivity contribution in [1.82, 2.24) is 4.90 Å². The highest BCUT2D eigenvalue weighted by Gasteiger charge is 2.21. The van der Waals surface area contributed by atoms with Crippen LogP contribution in [-0.2, 0) is 0 Å². The monoisotopic (exact) mass is 421 g/mol. The number of rotatable bonds is 1. The van der Waals surface area contributed by atoms with E-state index in [9.17, 15) is 4.79 Å². The maximum absolute atomic E-state index is 12.5. The summed E-state index contributed by atoms with van der Waals surface area (Å²) >= 11 is 5.72. The van der Waals surface area contributed by atoms with E-state index in [0.29, 0.717) is 0 Å². The molecule has 1 saturated heterocycles. The van der Waals surface area contributed by atoms with E-state index >= 15 is 0 Å². The zero-order valence-electron chi connectivity index (χ0n) is 10.5. The fourth-order valence-corrected chi connectivity index (χ4v) is 3.21. The maximum Gasteiger partial charge on any atom is 0.255 e. The number of hydrogen-bond acceptors (Lipinski definition) is 1. The molecule has 98 valence electrons. The predicted molar refractivity (Wildman–Crippen MR) is 85.8 cm³/mol. The summed E-state index contributed by atoms with van der Waals surface area (Å²) in [6.07, 6.45) is 3.47. The minimum absolute atomic E-state index is 0.162. The highest BCUT2D eigenvalue weighted by molar-refractivity contribution is 14.1. The summed E-state index contributed by atoms with van der Waals surface area (Å²) in [5.41, 5.74) is 0.788. The number of benzene rings is 1. The first-order valence-electron chi connectivity index (χ1n) is 6.32. The van der Waals surface area contributed by atoms with Gasteiger partial charge >= 0.3 is 0 Å². The van der Waals surface area contributed by atoms with Crippen molar-refractivity contribution in [3.05, 3.63) is 31.8 Å². The molecular formula is C14H17BrINO. The van der Waals surface area contributed by atoms with E-state index in [0.717, 1.165) is 45.5 Å². The third-order valence-corrected chi connectivity index (χ3v) is 4.83.